The van der Waals surface area contributed by atoms with E-state index < -0.39 is 5.82 Å². The van der Waals surface area contributed by atoms with Gasteiger partial charge in [-0.2, -0.15) is 0 Å². The summed E-state index contributed by atoms with van der Waals surface area (Å²) in [5.74, 6) is 0.0540. The number of nitrogens with one attached hydrogen (secondary N) is 1. The average Bonchev–Trinajstić information content (AvgIpc) is 2.33. The summed E-state index contributed by atoms with van der Waals surface area (Å²) >= 11 is 0. The predicted octanol–water partition coefficient (Wildman–Crippen LogP) is 1.99. The van der Waals surface area contributed by atoms with Crippen molar-refractivity contribution >= 4 is 5.95 Å². The summed E-state index contributed by atoms with van der Waals surface area (Å²) in [4.78, 5) is 7.65. The van der Waals surface area contributed by atoms with Crippen molar-refractivity contribution in [3.8, 4) is 0 Å². The van der Waals surface area contributed by atoms with E-state index in [4.69, 9.17) is 4.74 Å². The maximum absolute atomic E-state index is 12.5. The van der Waals surface area contributed by atoms with Crippen molar-refractivity contribution in [3.63, 3.8) is 0 Å². The summed E-state index contributed by atoms with van der Waals surface area (Å²) in [6, 6.07) is 0. The first kappa shape index (κ1) is 11.3. The van der Waals surface area contributed by atoms with Gasteiger partial charge >= 0.3 is 0 Å². The lowest BCUT2D eigenvalue weighted by Crippen LogP contribution is -2.22. The third-order valence-electron chi connectivity index (χ3n) is 2.64. The molecule has 0 aliphatic carbocycles. The molecule has 1 aliphatic rings. The number of hydrogen-bond donors (Lipinski definition) is 1. The SMILES string of the molecule is Fc1cnc(NCCC2CCCCO2)nc1. The van der Waals surface area contributed by atoms with Gasteiger partial charge in [0.15, 0.2) is 5.82 Å². The van der Waals surface area contributed by atoms with Crippen molar-refractivity contribution < 1.29 is 9.13 Å². The van der Waals surface area contributed by atoms with E-state index in [2.05, 4.69) is 15.3 Å². The zero-order valence-corrected chi connectivity index (χ0v) is 9.16. The summed E-state index contributed by atoms with van der Waals surface area (Å²) in [6.45, 7) is 1.63. The van der Waals surface area contributed by atoms with Gasteiger partial charge in [-0.25, -0.2) is 14.4 Å². The Hall–Kier alpha value is -1.23. The molecule has 0 radical (unpaired) electrons. The molecule has 1 N–H and O–H groups in total. The van der Waals surface area contributed by atoms with E-state index in [1.165, 1.54) is 12.8 Å². The summed E-state index contributed by atoms with van der Waals surface area (Å²) in [5, 5.41) is 3.05. The van der Waals surface area contributed by atoms with E-state index in [0.29, 0.717) is 12.1 Å². The van der Waals surface area contributed by atoms with Gasteiger partial charge in [0, 0.05) is 13.2 Å². The molecule has 5 heteroatoms. The summed E-state index contributed by atoms with van der Waals surface area (Å²) in [5.41, 5.74) is 0. The van der Waals surface area contributed by atoms with Gasteiger partial charge in [-0.1, -0.05) is 0 Å². The molecule has 0 bridgehead atoms. The molecule has 2 heterocycles. The first-order valence-corrected chi connectivity index (χ1v) is 5.67. The maximum atomic E-state index is 12.5. The van der Waals surface area contributed by atoms with Gasteiger partial charge in [-0.3, -0.25) is 0 Å². The molecule has 88 valence electrons. The molecule has 2 rings (SSSR count). The second-order valence-electron chi connectivity index (χ2n) is 3.93. The molecule has 1 aliphatic heterocycles. The molecule has 1 fully saturated rings. The fourth-order valence-corrected chi connectivity index (χ4v) is 1.78. The second kappa shape index (κ2) is 5.75. The van der Waals surface area contributed by atoms with Gasteiger partial charge in [0.1, 0.15) is 0 Å². The zero-order chi connectivity index (χ0) is 11.2. The normalized spacial score (nSPS) is 20.7. The van der Waals surface area contributed by atoms with Crippen LogP contribution in [0.2, 0.25) is 0 Å². The molecular weight excluding hydrogens is 209 g/mol. The van der Waals surface area contributed by atoms with Crippen LogP contribution in [0.4, 0.5) is 10.3 Å². The molecule has 1 unspecified atom stereocenters. The minimum atomic E-state index is -0.416. The van der Waals surface area contributed by atoms with Crippen LogP contribution < -0.4 is 5.32 Å². The Balaban J connectivity index is 1.69. The van der Waals surface area contributed by atoms with E-state index >= 15 is 0 Å². The average molecular weight is 225 g/mol. The number of nitrogens with zero attached hydrogens (tertiary/aromatic N) is 2. The van der Waals surface area contributed by atoms with Crippen LogP contribution in [-0.2, 0) is 4.74 Å². The molecule has 0 amide bonds. The monoisotopic (exact) mass is 225 g/mol. The smallest absolute Gasteiger partial charge is 0.222 e. The molecule has 16 heavy (non-hydrogen) atoms. The van der Waals surface area contributed by atoms with Crippen LogP contribution in [0.3, 0.4) is 0 Å². The Morgan fingerprint density at radius 1 is 1.38 bits per heavy atom. The van der Waals surface area contributed by atoms with E-state index in [9.17, 15) is 4.39 Å². The lowest BCUT2D eigenvalue weighted by molar-refractivity contribution is 0.0134. The second-order valence-corrected chi connectivity index (χ2v) is 3.93. The number of anilines is 1. The Kier molecular flexibility index (Phi) is 4.04. The van der Waals surface area contributed by atoms with Gasteiger partial charge in [-0.15, -0.1) is 0 Å². The first-order chi connectivity index (χ1) is 7.84. The summed E-state index contributed by atoms with van der Waals surface area (Å²) < 4.78 is 18.1. The number of aromatic nitrogens is 2. The van der Waals surface area contributed by atoms with Crippen LogP contribution in [0.25, 0.3) is 0 Å². The van der Waals surface area contributed by atoms with Crippen molar-refractivity contribution in [3.05, 3.63) is 18.2 Å². The highest BCUT2D eigenvalue weighted by Gasteiger charge is 2.12. The fraction of sp³-hybridized carbons (Fsp3) is 0.636. The summed E-state index contributed by atoms with van der Waals surface area (Å²) in [7, 11) is 0. The van der Waals surface area contributed by atoms with Crippen molar-refractivity contribution in [2.75, 3.05) is 18.5 Å². The van der Waals surface area contributed by atoms with E-state index in [1.54, 1.807) is 0 Å². The van der Waals surface area contributed by atoms with Crippen LogP contribution in [-0.4, -0.2) is 29.2 Å². The Bertz CT molecular complexity index is 312. The highest BCUT2D eigenvalue weighted by molar-refractivity contribution is 5.21. The standard InChI is InChI=1S/C11H16FN3O/c12-9-7-14-11(15-8-9)13-5-4-10-3-1-2-6-16-10/h7-8,10H,1-6H2,(H,13,14,15). The van der Waals surface area contributed by atoms with Crippen molar-refractivity contribution in [1.82, 2.24) is 9.97 Å². The molecule has 0 saturated carbocycles. The molecule has 0 spiro atoms. The van der Waals surface area contributed by atoms with Gasteiger partial charge in [-0.05, 0) is 25.7 Å². The number of ether oxygens (including phenoxy) is 1. The minimum Gasteiger partial charge on any atom is -0.378 e. The van der Waals surface area contributed by atoms with E-state index in [-0.39, 0.29) is 0 Å². The van der Waals surface area contributed by atoms with Gasteiger partial charge in [0.25, 0.3) is 0 Å². The molecule has 4 nitrogen and oxygen atoms in total. The van der Waals surface area contributed by atoms with Crippen LogP contribution in [0, 0.1) is 5.82 Å². The van der Waals surface area contributed by atoms with Crippen molar-refractivity contribution in [2.45, 2.75) is 31.8 Å². The predicted molar refractivity (Wildman–Crippen MR) is 58.7 cm³/mol. The fourth-order valence-electron chi connectivity index (χ4n) is 1.78. The third-order valence-corrected chi connectivity index (χ3v) is 2.64. The van der Waals surface area contributed by atoms with Crippen molar-refractivity contribution in [2.24, 2.45) is 0 Å². The Labute approximate surface area is 94.2 Å². The Morgan fingerprint density at radius 2 is 2.19 bits per heavy atom. The van der Waals surface area contributed by atoms with Crippen LogP contribution in [0.5, 0.6) is 0 Å². The van der Waals surface area contributed by atoms with Crippen molar-refractivity contribution in [1.29, 1.82) is 0 Å². The molecule has 1 aromatic rings. The molecule has 1 atom stereocenters. The molecule has 1 aromatic heterocycles. The Morgan fingerprint density at radius 3 is 2.88 bits per heavy atom. The summed E-state index contributed by atoms with van der Waals surface area (Å²) in [6.07, 6.45) is 7.16. The largest absolute Gasteiger partial charge is 0.378 e. The third kappa shape index (κ3) is 3.41. The highest BCUT2D eigenvalue weighted by atomic mass is 19.1. The topological polar surface area (TPSA) is 47.0 Å². The van der Waals surface area contributed by atoms with Crippen LogP contribution in [0.15, 0.2) is 12.4 Å². The van der Waals surface area contributed by atoms with E-state index in [1.807, 2.05) is 0 Å². The zero-order valence-electron chi connectivity index (χ0n) is 9.16. The van der Waals surface area contributed by atoms with E-state index in [0.717, 1.165) is 38.4 Å². The maximum Gasteiger partial charge on any atom is 0.222 e. The first-order valence-electron chi connectivity index (χ1n) is 5.67. The highest BCUT2D eigenvalue weighted by Crippen LogP contribution is 2.15. The quantitative estimate of drug-likeness (QED) is 0.851. The number of hydrogen-bond acceptors (Lipinski definition) is 4. The van der Waals surface area contributed by atoms with Crippen LogP contribution in [0.1, 0.15) is 25.7 Å². The molecule has 0 aromatic carbocycles. The molecular formula is C11H16FN3O. The lowest BCUT2D eigenvalue weighted by atomic mass is 10.1. The lowest BCUT2D eigenvalue weighted by Gasteiger charge is -2.22. The number of rotatable bonds is 4. The van der Waals surface area contributed by atoms with Crippen LogP contribution >= 0.6 is 0 Å². The minimum absolute atomic E-state index is 0.349. The number of halogens is 1. The van der Waals surface area contributed by atoms with Gasteiger partial charge in [0.05, 0.1) is 18.5 Å². The van der Waals surface area contributed by atoms with Gasteiger partial charge < -0.3 is 10.1 Å². The molecule has 1 saturated heterocycles. The van der Waals surface area contributed by atoms with Gasteiger partial charge in [0.2, 0.25) is 5.95 Å².